The van der Waals surface area contributed by atoms with Crippen LogP contribution in [0.15, 0.2) is 12.2 Å². The fourth-order valence-corrected chi connectivity index (χ4v) is 2.76. The average molecular weight is 210 g/mol. The number of hydrogen-bond donors (Lipinski definition) is 1. The van der Waals surface area contributed by atoms with Gasteiger partial charge in [0.2, 0.25) is 0 Å². The first-order valence-corrected chi connectivity index (χ1v) is 6.07. The van der Waals surface area contributed by atoms with Gasteiger partial charge in [-0.1, -0.05) is 32.4 Å². The van der Waals surface area contributed by atoms with E-state index in [-0.39, 0.29) is 5.92 Å². The number of rotatable bonds is 5. The first-order valence-electron chi connectivity index (χ1n) is 6.07. The van der Waals surface area contributed by atoms with Gasteiger partial charge in [-0.25, -0.2) is 0 Å². The first-order chi connectivity index (χ1) is 7.17. The summed E-state index contributed by atoms with van der Waals surface area (Å²) < 4.78 is 0. The van der Waals surface area contributed by atoms with Crippen molar-refractivity contribution < 1.29 is 9.90 Å². The highest BCUT2D eigenvalue weighted by molar-refractivity contribution is 5.75. The van der Waals surface area contributed by atoms with Crippen molar-refractivity contribution in [1.29, 1.82) is 0 Å². The van der Waals surface area contributed by atoms with E-state index in [2.05, 4.69) is 19.1 Å². The van der Waals surface area contributed by atoms with Gasteiger partial charge in [0, 0.05) is 0 Å². The van der Waals surface area contributed by atoms with Crippen molar-refractivity contribution in [2.75, 3.05) is 0 Å². The lowest BCUT2D eigenvalue weighted by molar-refractivity contribution is -0.152. The number of hydrogen-bond acceptors (Lipinski definition) is 1. The summed E-state index contributed by atoms with van der Waals surface area (Å²) in [5, 5.41) is 9.47. The highest BCUT2D eigenvalue weighted by Gasteiger charge is 2.42. The Morgan fingerprint density at radius 1 is 1.53 bits per heavy atom. The zero-order valence-electron chi connectivity index (χ0n) is 9.83. The Balaban J connectivity index is 2.90. The van der Waals surface area contributed by atoms with Crippen molar-refractivity contribution in [1.82, 2.24) is 0 Å². The highest BCUT2D eigenvalue weighted by Crippen LogP contribution is 2.42. The van der Waals surface area contributed by atoms with Crippen LogP contribution in [0.3, 0.4) is 0 Å². The average Bonchev–Trinajstić information content (AvgIpc) is 2.26. The van der Waals surface area contributed by atoms with Gasteiger partial charge >= 0.3 is 5.97 Å². The fourth-order valence-electron chi connectivity index (χ4n) is 2.76. The highest BCUT2D eigenvalue weighted by atomic mass is 16.4. The largest absolute Gasteiger partial charge is 0.481 e. The van der Waals surface area contributed by atoms with Crippen LogP contribution >= 0.6 is 0 Å². The molecule has 15 heavy (non-hydrogen) atoms. The molecule has 2 atom stereocenters. The van der Waals surface area contributed by atoms with Gasteiger partial charge in [-0.2, -0.15) is 0 Å². The topological polar surface area (TPSA) is 37.3 Å². The summed E-state index contributed by atoms with van der Waals surface area (Å²) in [5.41, 5.74) is -0.508. The number of allylic oxidation sites excluding steroid dienone is 2. The molecule has 0 aliphatic heterocycles. The summed E-state index contributed by atoms with van der Waals surface area (Å²) in [6, 6.07) is 0. The molecule has 0 saturated heterocycles. The summed E-state index contributed by atoms with van der Waals surface area (Å²) in [7, 11) is 0. The molecule has 2 nitrogen and oxygen atoms in total. The molecule has 0 amide bonds. The van der Waals surface area contributed by atoms with Crippen molar-refractivity contribution in [2.24, 2.45) is 11.3 Å². The third kappa shape index (κ3) is 2.42. The molecule has 0 aromatic rings. The Bertz CT molecular complexity index is 245. The second-order valence-electron chi connectivity index (χ2n) is 4.53. The van der Waals surface area contributed by atoms with Gasteiger partial charge in [-0.05, 0) is 38.0 Å². The Labute approximate surface area is 92.4 Å². The van der Waals surface area contributed by atoms with E-state index in [9.17, 15) is 9.90 Å². The predicted octanol–water partition coefficient (Wildman–Crippen LogP) is 3.62. The van der Waals surface area contributed by atoms with E-state index < -0.39 is 11.4 Å². The lowest BCUT2D eigenvalue weighted by Crippen LogP contribution is -2.38. The maximum Gasteiger partial charge on any atom is 0.310 e. The molecule has 0 fully saturated rings. The zero-order chi connectivity index (χ0) is 11.3. The number of carboxylic acids is 1. The standard InChI is InChI=1S/C13H22O2/c1-3-10-13(4-2,12(14)15)11-8-6-5-7-9-11/h6,8,11H,3-5,7,9-10H2,1-2H3,(H,14,15). The van der Waals surface area contributed by atoms with Gasteiger partial charge in [0.15, 0.2) is 0 Å². The fraction of sp³-hybridized carbons (Fsp3) is 0.769. The van der Waals surface area contributed by atoms with E-state index in [4.69, 9.17) is 0 Å². The molecule has 0 radical (unpaired) electrons. The van der Waals surface area contributed by atoms with Crippen LogP contribution < -0.4 is 0 Å². The molecule has 2 unspecified atom stereocenters. The monoisotopic (exact) mass is 210 g/mol. The second kappa shape index (κ2) is 5.34. The van der Waals surface area contributed by atoms with Crippen LogP contribution in [-0.4, -0.2) is 11.1 Å². The van der Waals surface area contributed by atoms with E-state index in [1.807, 2.05) is 6.92 Å². The van der Waals surface area contributed by atoms with Crippen molar-refractivity contribution in [2.45, 2.75) is 52.4 Å². The van der Waals surface area contributed by atoms with E-state index in [0.29, 0.717) is 0 Å². The van der Waals surface area contributed by atoms with E-state index in [0.717, 1.165) is 38.5 Å². The van der Waals surface area contributed by atoms with Gasteiger partial charge in [-0.15, -0.1) is 0 Å². The van der Waals surface area contributed by atoms with Crippen molar-refractivity contribution in [3.8, 4) is 0 Å². The lowest BCUT2D eigenvalue weighted by Gasteiger charge is -2.36. The lowest BCUT2D eigenvalue weighted by atomic mass is 9.67. The summed E-state index contributed by atoms with van der Waals surface area (Å²) >= 11 is 0. The van der Waals surface area contributed by atoms with Crippen LogP contribution in [0.25, 0.3) is 0 Å². The number of carbonyl (C=O) groups is 1. The molecule has 0 aromatic heterocycles. The van der Waals surface area contributed by atoms with Gasteiger partial charge < -0.3 is 5.11 Å². The molecule has 0 heterocycles. The smallest absolute Gasteiger partial charge is 0.310 e. The summed E-state index contributed by atoms with van der Waals surface area (Å²) in [5.74, 6) is -0.364. The minimum Gasteiger partial charge on any atom is -0.481 e. The molecule has 1 N–H and O–H groups in total. The second-order valence-corrected chi connectivity index (χ2v) is 4.53. The van der Waals surface area contributed by atoms with E-state index in [1.165, 1.54) is 0 Å². The summed E-state index contributed by atoms with van der Waals surface area (Å²) in [4.78, 5) is 11.5. The van der Waals surface area contributed by atoms with Gasteiger partial charge in [0.05, 0.1) is 5.41 Å². The zero-order valence-corrected chi connectivity index (χ0v) is 9.83. The Morgan fingerprint density at radius 3 is 2.67 bits per heavy atom. The number of carboxylic acid groups (broad SMARTS) is 1. The van der Waals surface area contributed by atoms with Crippen LogP contribution in [0.2, 0.25) is 0 Å². The quantitative estimate of drug-likeness (QED) is 0.704. The molecule has 1 aliphatic rings. The van der Waals surface area contributed by atoms with Gasteiger partial charge in [-0.3, -0.25) is 4.79 Å². The first kappa shape index (κ1) is 12.3. The molecule has 86 valence electrons. The van der Waals surface area contributed by atoms with Gasteiger partial charge in [0.1, 0.15) is 0 Å². The maximum absolute atomic E-state index is 11.5. The normalized spacial score (nSPS) is 24.8. The molecular formula is C13H22O2. The van der Waals surface area contributed by atoms with Crippen LogP contribution in [0.1, 0.15) is 52.4 Å². The maximum atomic E-state index is 11.5. The van der Waals surface area contributed by atoms with Crippen LogP contribution in [0, 0.1) is 11.3 Å². The molecule has 0 bridgehead atoms. The van der Waals surface area contributed by atoms with Crippen molar-refractivity contribution >= 4 is 5.97 Å². The van der Waals surface area contributed by atoms with Crippen LogP contribution in [0.4, 0.5) is 0 Å². The Kier molecular flexibility index (Phi) is 4.37. The van der Waals surface area contributed by atoms with Crippen LogP contribution in [0.5, 0.6) is 0 Å². The molecule has 1 aliphatic carbocycles. The predicted molar refractivity (Wildman–Crippen MR) is 61.7 cm³/mol. The summed E-state index contributed by atoms with van der Waals surface area (Å²) in [6.07, 6.45) is 10.1. The molecule has 0 aromatic carbocycles. The minimum atomic E-state index is -0.608. The third-order valence-corrected chi connectivity index (χ3v) is 3.72. The van der Waals surface area contributed by atoms with Crippen molar-refractivity contribution in [3.63, 3.8) is 0 Å². The molecule has 1 rings (SSSR count). The SMILES string of the molecule is CCCC(CC)(C(=O)O)C1C=CCCC1. The van der Waals surface area contributed by atoms with E-state index >= 15 is 0 Å². The minimum absolute atomic E-state index is 0.244. The summed E-state index contributed by atoms with van der Waals surface area (Å²) in [6.45, 7) is 4.08. The number of aliphatic carboxylic acids is 1. The van der Waals surface area contributed by atoms with Gasteiger partial charge in [0.25, 0.3) is 0 Å². The molecule has 0 saturated carbocycles. The van der Waals surface area contributed by atoms with Crippen molar-refractivity contribution in [3.05, 3.63) is 12.2 Å². The Hall–Kier alpha value is -0.790. The van der Waals surface area contributed by atoms with E-state index in [1.54, 1.807) is 0 Å². The molecule has 2 heteroatoms. The van der Waals surface area contributed by atoms with Crippen LogP contribution in [-0.2, 0) is 4.79 Å². The molecular weight excluding hydrogens is 188 g/mol. The third-order valence-electron chi connectivity index (χ3n) is 3.72. The molecule has 0 spiro atoms. The Morgan fingerprint density at radius 2 is 2.27 bits per heavy atom.